The van der Waals surface area contributed by atoms with Crippen LogP contribution in [0.1, 0.15) is 5.56 Å². The van der Waals surface area contributed by atoms with Crippen LogP contribution >= 0.6 is 0 Å². The van der Waals surface area contributed by atoms with E-state index in [1.54, 1.807) is 6.07 Å². The highest BCUT2D eigenvalue weighted by atomic mass is 19.1. The Labute approximate surface area is 74.6 Å². The van der Waals surface area contributed by atoms with Crippen LogP contribution in [0.4, 0.5) is 8.78 Å². The van der Waals surface area contributed by atoms with Crippen molar-refractivity contribution in [1.29, 1.82) is 5.26 Å². The summed E-state index contributed by atoms with van der Waals surface area (Å²) in [5.41, 5.74) is 5.55. The number of hydrogen-bond acceptors (Lipinski definition) is 2. The van der Waals surface area contributed by atoms with Gasteiger partial charge in [0.1, 0.15) is 11.6 Å². The van der Waals surface area contributed by atoms with Gasteiger partial charge in [0.2, 0.25) is 0 Å². The maximum absolute atomic E-state index is 12.9. The Bertz CT molecular complexity index is 344. The van der Waals surface area contributed by atoms with E-state index >= 15 is 0 Å². The third-order valence-electron chi connectivity index (χ3n) is 1.62. The molecule has 68 valence electrons. The van der Waals surface area contributed by atoms with E-state index in [0.717, 1.165) is 12.1 Å². The second-order valence-electron chi connectivity index (χ2n) is 2.68. The molecule has 0 saturated heterocycles. The van der Waals surface area contributed by atoms with E-state index in [0.29, 0.717) is 0 Å². The van der Waals surface area contributed by atoms with Gasteiger partial charge in [-0.05, 0) is 11.6 Å². The Morgan fingerprint density at radius 3 is 2.69 bits per heavy atom. The topological polar surface area (TPSA) is 49.8 Å². The van der Waals surface area contributed by atoms with E-state index in [1.165, 1.54) is 6.07 Å². The van der Waals surface area contributed by atoms with Gasteiger partial charge in [-0.15, -0.1) is 0 Å². The molecule has 0 aliphatic carbocycles. The lowest BCUT2D eigenvalue weighted by molar-refractivity contribution is 0.568. The van der Waals surface area contributed by atoms with Gasteiger partial charge in [0, 0.05) is 12.5 Å². The van der Waals surface area contributed by atoms with E-state index < -0.39 is 17.7 Å². The molecule has 0 aliphatic heterocycles. The van der Waals surface area contributed by atoms with Crippen LogP contribution in [0.25, 0.3) is 0 Å². The lowest BCUT2D eigenvalue weighted by atomic mass is 10.1. The SMILES string of the molecule is N#CC(N)Cc1ccc(F)cc1F. The first kappa shape index (κ1) is 9.62. The molecule has 0 aliphatic rings. The van der Waals surface area contributed by atoms with E-state index in [1.807, 2.05) is 0 Å². The number of nitriles is 1. The summed E-state index contributed by atoms with van der Waals surface area (Å²) in [6, 6.07) is 4.23. The van der Waals surface area contributed by atoms with Gasteiger partial charge in [-0.3, -0.25) is 0 Å². The van der Waals surface area contributed by atoms with E-state index in [2.05, 4.69) is 0 Å². The van der Waals surface area contributed by atoms with Gasteiger partial charge >= 0.3 is 0 Å². The molecule has 0 amide bonds. The number of rotatable bonds is 2. The summed E-state index contributed by atoms with van der Waals surface area (Å²) in [7, 11) is 0. The monoisotopic (exact) mass is 182 g/mol. The highest BCUT2D eigenvalue weighted by Gasteiger charge is 2.07. The van der Waals surface area contributed by atoms with Gasteiger partial charge in [-0.25, -0.2) is 8.78 Å². The van der Waals surface area contributed by atoms with Crippen LogP contribution in [0.3, 0.4) is 0 Å². The predicted molar refractivity (Wildman–Crippen MR) is 43.7 cm³/mol. The molecule has 0 bridgehead atoms. The van der Waals surface area contributed by atoms with Crippen LogP contribution in [-0.4, -0.2) is 6.04 Å². The first-order valence-electron chi connectivity index (χ1n) is 3.72. The molecule has 0 aromatic heterocycles. The predicted octanol–water partition coefficient (Wildman–Crippen LogP) is 1.36. The Kier molecular flexibility index (Phi) is 2.93. The molecule has 13 heavy (non-hydrogen) atoms. The normalized spacial score (nSPS) is 12.2. The molecule has 1 aromatic carbocycles. The first-order valence-corrected chi connectivity index (χ1v) is 3.72. The molecule has 1 rings (SSSR count). The molecule has 1 unspecified atom stereocenters. The third-order valence-corrected chi connectivity index (χ3v) is 1.62. The molecular formula is C9H8F2N2. The molecule has 0 heterocycles. The van der Waals surface area contributed by atoms with Crippen molar-refractivity contribution in [2.45, 2.75) is 12.5 Å². The van der Waals surface area contributed by atoms with Gasteiger partial charge in [0.25, 0.3) is 0 Å². The summed E-state index contributed by atoms with van der Waals surface area (Å²) in [4.78, 5) is 0. The van der Waals surface area contributed by atoms with Gasteiger partial charge < -0.3 is 5.73 Å². The number of nitrogens with zero attached hydrogens (tertiary/aromatic N) is 1. The van der Waals surface area contributed by atoms with E-state index in [-0.39, 0.29) is 12.0 Å². The summed E-state index contributed by atoms with van der Waals surface area (Å²) in [6.07, 6.45) is 0.0998. The van der Waals surface area contributed by atoms with Crippen molar-refractivity contribution in [3.63, 3.8) is 0 Å². The van der Waals surface area contributed by atoms with Crippen molar-refractivity contribution in [2.24, 2.45) is 5.73 Å². The fraction of sp³-hybridized carbons (Fsp3) is 0.222. The second-order valence-corrected chi connectivity index (χ2v) is 2.68. The zero-order chi connectivity index (χ0) is 9.84. The molecule has 0 spiro atoms. The molecule has 0 radical (unpaired) electrons. The second kappa shape index (κ2) is 3.97. The maximum atomic E-state index is 12.9. The molecule has 2 N–H and O–H groups in total. The highest BCUT2D eigenvalue weighted by molar-refractivity contribution is 5.20. The van der Waals surface area contributed by atoms with Crippen molar-refractivity contribution in [3.8, 4) is 6.07 Å². The van der Waals surface area contributed by atoms with Gasteiger partial charge in [-0.2, -0.15) is 5.26 Å². The van der Waals surface area contributed by atoms with Gasteiger partial charge in [0.05, 0.1) is 12.1 Å². The van der Waals surface area contributed by atoms with Crippen LogP contribution in [0.15, 0.2) is 18.2 Å². The van der Waals surface area contributed by atoms with Crippen molar-refractivity contribution < 1.29 is 8.78 Å². The molecule has 1 aromatic rings. The standard InChI is InChI=1S/C9H8F2N2/c10-7-2-1-6(9(11)4-7)3-8(13)5-12/h1-2,4,8H,3,13H2. The van der Waals surface area contributed by atoms with Crippen LogP contribution in [-0.2, 0) is 6.42 Å². The minimum Gasteiger partial charge on any atom is -0.316 e. The van der Waals surface area contributed by atoms with Crippen LogP contribution < -0.4 is 5.73 Å². The Morgan fingerprint density at radius 1 is 1.46 bits per heavy atom. The smallest absolute Gasteiger partial charge is 0.129 e. The number of benzene rings is 1. The number of nitrogens with two attached hydrogens (primary N) is 1. The highest BCUT2D eigenvalue weighted by Crippen LogP contribution is 2.10. The minimum absolute atomic E-state index is 0.0998. The lowest BCUT2D eigenvalue weighted by Crippen LogP contribution is -2.20. The van der Waals surface area contributed by atoms with E-state index in [9.17, 15) is 8.78 Å². The lowest BCUT2D eigenvalue weighted by Gasteiger charge is -2.03. The molecule has 0 fully saturated rings. The fourth-order valence-corrected chi connectivity index (χ4v) is 0.970. The largest absolute Gasteiger partial charge is 0.316 e. The summed E-state index contributed by atoms with van der Waals surface area (Å²) < 4.78 is 25.4. The Balaban J connectivity index is 2.85. The van der Waals surface area contributed by atoms with Crippen LogP contribution in [0, 0.1) is 23.0 Å². The molecule has 1 atom stereocenters. The van der Waals surface area contributed by atoms with Crippen LogP contribution in [0.5, 0.6) is 0 Å². The van der Waals surface area contributed by atoms with Crippen molar-refractivity contribution in [1.82, 2.24) is 0 Å². The first-order chi connectivity index (χ1) is 6.13. The van der Waals surface area contributed by atoms with E-state index in [4.69, 9.17) is 11.0 Å². The molecular weight excluding hydrogens is 174 g/mol. The van der Waals surface area contributed by atoms with Crippen molar-refractivity contribution in [2.75, 3.05) is 0 Å². The number of halogens is 2. The van der Waals surface area contributed by atoms with Crippen molar-refractivity contribution >= 4 is 0 Å². The zero-order valence-corrected chi connectivity index (χ0v) is 6.80. The number of hydrogen-bond donors (Lipinski definition) is 1. The fourth-order valence-electron chi connectivity index (χ4n) is 0.970. The van der Waals surface area contributed by atoms with Crippen molar-refractivity contribution in [3.05, 3.63) is 35.4 Å². The molecule has 4 heteroatoms. The Hall–Kier alpha value is -1.47. The summed E-state index contributed by atoms with van der Waals surface area (Å²) in [5, 5.41) is 8.37. The zero-order valence-electron chi connectivity index (χ0n) is 6.80. The average Bonchev–Trinajstić information content (AvgIpc) is 2.09. The average molecular weight is 182 g/mol. The molecule has 2 nitrogen and oxygen atoms in total. The Morgan fingerprint density at radius 2 is 2.15 bits per heavy atom. The minimum atomic E-state index is -0.750. The summed E-state index contributed by atoms with van der Waals surface area (Å²) >= 11 is 0. The van der Waals surface area contributed by atoms with Gasteiger partial charge in [0.15, 0.2) is 0 Å². The van der Waals surface area contributed by atoms with Gasteiger partial charge in [-0.1, -0.05) is 6.07 Å². The summed E-state index contributed by atoms with van der Waals surface area (Å²) in [6.45, 7) is 0. The molecule has 0 saturated carbocycles. The maximum Gasteiger partial charge on any atom is 0.129 e. The summed E-state index contributed by atoms with van der Waals surface area (Å²) in [5.74, 6) is -1.29. The third kappa shape index (κ3) is 2.49. The quantitative estimate of drug-likeness (QED) is 0.750. The van der Waals surface area contributed by atoms with Crippen LogP contribution in [0.2, 0.25) is 0 Å².